The number of terminal acetylenes is 1. The summed E-state index contributed by atoms with van der Waals surface area (Å²) >= 11 is 14.1. The Hall–Kier alpha value is -3.45. The van der Waals surface area contributed by atoms with Crippen LogP contribution in [-0.4, -0.2) is 39.2 Å². The average molecular weight is 499 g/mol. The predicted octanol–water partition coefficient (Wildman–Crippen LogP) is 4.20. The Morgan fingerprint density at radius 2 is 2.00 bits per heavy atom. The molecule has 0 aliphatic rings. The molecule has 0 saturated carbocycles. The Labute approximate surface area is 203 Å². The first-order valence-corrected chi connectivity index (χ1v) is 11.2. The molecule has 0 fully saturated rings. The highest BCUT2D eigenvalue weighted by Gasteiger charge is 2.12. The Morgan fingerprint density at radius 3 is 2.79 bits per heavy atom. The maximum absolute atomic E-state index is 11.6. The number of nitrogens with zero attached hydrogens (tertiary/aromatic N) is 4. The molecule has 0 aliphatic heterocycles. The molecular weight excluding hydrogens is 483 g/mol. The van der Waals surface area contributed by atoms with Gasteiger partial charge in [0.25, 0.3) is 5.91 Å². The minimum atomic E-state index is -0.287. The van der Waals surface area contributed by atoms with Crippen molar-refractivity contribution in [2.75, 3.05) is 18.5 Å². The molecule has 4 aromatic rings. The third-order valence-corrected chi connectivity index (χ3v) is 6.00. The highest BCUT2D eigenvalue weighted by Crippen LogP contribution is 2.33. The van der Waals surface area contributed by atoms with Crippen LogP contribution in [0.1, 0.15) is 5.01 Å². The van der Waals surface area contributed by atoms with Gasteiger partial charge in [0.1, 0.15) is 10.8 Å². The molecular formula is C22H16Cl2N6O2S. The van der Waals surface area contributed by atoms with Crippen molar-refractivity contribution in [1.29, 1.82) is 0 Å². The number of hydrogen-bond donors (Lipinski definition) is 2. The molecule has 1 amide bonds. The summed E-state index contributed by atoms with van der Waals surface area (Å²) in [5.41, 5.74) is 1.87. The quantitative estimate of drug-likeness (QED) is 0.351. The highest BCUT2D eigenvalue weighted by atomic mass is 35.5. The van der Waals surface area contributed by atoms with Crippen molar-refractivity contribution in [3.63, 3.8) is 0 Å². The summed E-state index contributed by atoms with van der Waals surface area (Å²) in [5.74, 6) is 2.92. The number of nitrogens with one attached hydrogen (secondary N) is 2. The van der Waals surface area contributed by atoms with Crippen molar-refractivity contribution in [3.8, 4) is 29.4 Å². The number of carbonyl (C=O) groups is 1. The van der Waals surface area contributed by atoms with Gasteiger partial charge in [-0.1, -0.05) is 35.2 Å². The third kappa shape index (κ3) is 5.68. The van der Waals surface area contributed by atoms with Crippen LogP contribution in [0.3, 0.4) is 0 Å². The second-order valence-corrected chi connectivity index (χ2v) is 8.55. The average Bonchev–Trinajstić information content (AvgIpc) is 3.22. The summed E-state index contributed by atoms with van der Waals surface area (Å²) in [7, 11) is 0. The summed E-state index contributed by atoms with van der Waals surface area (Å²) in [6, 6.07) is 10.7. The minimum absolute atomic E-state index is 0.123. The van der Waals surface area contributed by atoms with Crippen LogP contribution in [0.5, 0.6) is 5.75 Å². The van der Waals surface area contributed by atoms with E-state index in [4.69, 9.17) is 34.4 Å². The van der Waals surface area contributed by atoms with Crippen LogP contribution >= 0.6 is 34.5 Å². The number of amides is 1. The SMILES string of the molecule is C#CCNC(=O)COc1ccc2sc(CNc3nncc(-c4c(Cl)cccc4Cl)n3)nc2c1. The zero-order valence-electron chi connectivity index (χ0n) is 17.0. The monoisotopic (exact) mass is 498 g/mol. The number of fused-ring (bicyclic) bond motifs is 1. The van der Waals surface area contributed by atoms with Crippen molar-refractivity contribution in [2.45, 2.75) is 6.54 Å². The summed E-state index contributed by atoms with van der Waals surface area (Å²) in [4.78, 5) is 20.7. The number of anilines is 1. The molecule has 2 N–H and O–H groups in total. The van der Waals surface area contributed by atoms with E-state index in [1.54, 1.807) is 30.3 Å². The van der Waals surface area contributed by atoms with E-state index in [0.29, 0.717) is 39.5 Å². The van der Waals surface area contributed by atoms with Crippen molar-refractivity contribution >= 4 is 56.6 Å². The fraction of sp³-hybridized carbons (Fsp3) is 0.136. The van der Waals surface area contributed by atoms with Gasteiger partial charge in [-0.15, -0.1) is 22.9 Å². The maximum Gasteiger partial charge on any atom is 0.258 e. The summed E-state index contributed by atoms with van der Waals surface area (Å²) in [6.45, 7) is 0.435. The van der Waals surface area contributed by atoms with Crippen molar-refractivity contribution in [3.05, 3.63) is 57.6 Å². The molecule has 0 aliphatic carbocycles. The van der Waals surface area contributed by atoms with Gasteiger partial charge in [0.2, 0.25) is 5.95 Å². The number of aromatic nitrogens is 4. The number of rotatable bonds is 8. The first-order valence-electron chi connectivity index (χ1n) is 9.64. The molecule has 2 aromatic heterocycles. The largest absolute Gasteiger partial charge is 0.484 e. The topological polar surface area (TPSA) is 102 Å². The van der Waals surface area contributed by atoms with Crippen molar-refractivity contribution in [1.82, 2.24) is 25.5 Å². The molecule has 0 unspecified atom stereocenters. The first-order chi connectivity index (χ1) is 16.0. The number of benzene rings is 2. The normalized spacial score (nSPS) is 10.6. The van der Waals surface area contributed by atoms with Crippen LogP contribution in [0.15, 0.2) is 42.6 Å². The molecule has 33 heavy (non-hydrogen) atoms. The molecule has 4 rings (SSSR count). The lowest BCUT2D eigenvalue weighted by Crippen LogP contribution is -2.28. The Kier molecular flexibility index (Phi) is 7.19. The lowest BCUT2D eigenvalue weighted by Gasteiger charge is -2.07. The first kappa shape index (κ1) is 22.7. The van der Waals surface area contributed by atoms with E-state index < -0.39 is 0 Å². The zero-order chi connectivity index (χ0) is 23.2. The lowest BCUT2D eigenvalue weighted by atomic mass is 10.1. The van der Waals surface area contributed by atoms with Gasteiger partial charge >= 0.3 is 0 Å². The van der Waals surface area contributed by atoms with Crippen LogP contribution < -0.4 is 15.4 Å². The van der Waals surface area contributed by atoms with Gasteiger partial charge in [0, 0.05) is 11.6 Å². The van der Waals surface area contributed by atoms with E-state index in [-0.39, 0.29) is 19.1 Å². The third-order valence-electron chi connectivity index (χ3n) is 4.34. The lowest BCUT2D eigenvalue weighted by molar-refractivity contribution is -0.122. The van der Waals surface area contributed by atoms with E-state index >= 15 is 0 Å². The molecule has 0 atom stereocenters. The van der Waals surface area contributed by atoms with Crippen LogP contribution in [0.2, 0.25) is 10.0 Å². The van der Waals surface area contributed by atoms with Gasteiger partial charge in [0.15, 0.2) is 6.61 Å². The van der Waals surface area contributed by atoms with Crippen LogP contribution in [0.25, 0.3) is 21.5 Å². The standard InChI is InChI=1S/C22H16Cl2N6O2S/c1-2-8-25-19(31)12-32-13-6-7-18-16(9-13)28-20(33-18)11-26-22-29-17(10-27-30-22)21-14(23)4-3-5-15(21)24/h1,3-7,9-10H,8,11-12H2,(H,25,31)(H,26,29,30). The number of thiazole rings is 1. The summed E-state index contributed by atoms with van der Waals surface area (Å²) in [5, 5.41) is 15.5. The smallest absolute Gasteiger partial charge is 0.258 e. The minimum Gasteiger partial charge on any atom is -0.484 e. The van der Waals surface area contributed by atoms with Crippen molar-refractivity contribution < 1.29 is 9.53 Å². The maximum atomic E-state index is 11.6. The van der Waals surface area contributed by atoms with Crippen LogP contribution in [0.4, 0.5) is 5.95 Å². The van der Waals surface area contributed by atoms with Crippen LogP contribution in [0, 0.1) is 12.3 Å². The van der Waals surface area contributed by atoms with Gasteiger partial charge < -0.3 is 15.4 Å². The van der Waals surface area contributed by atoms with Gasteiger partial charge in [-0.25, -0.2) is 9.97 Å². The van der Waals surface area contributed by atoms with E-state index in [1.807, 2.05) is 6.07 Å². The molecule has 11 heteroatoms. The van der Waals surface area contributed by atoms with Gasteiger partial charge in [-0.2, -0.15) is 5.10 Å². The molecule has 0 radical (unpaired) electrons. The van der Waals surface area contributed by atoms with E-state index in [2.05, 4.69) is 36.7 Å². The molecule has 0 bridgehead atoms. The molecule has 2 heterocycles. The predicted molar refractivity (Wildman–Crippen MR) is 130 cm³/mol. The summed E-state index contributed by atoms with van der Waals surface area (Å²) in [6.07, 6.45) is 6.62. The Bertz CT molecular complexity index is 1330. The molecule has 0 saturated heterocycles. The van der Waals surface area contributed by atoms with Crippen molar-refractivity contribution in [2.24, 2.45) is 0 Å². The van der Waals surface area contributed by atoms with Crippen LogP contribution in [-0.2, 0) is 11.3 Å². The zero-order valence-corrected chi connectivity index (χ0v) is 19.3. The fourth-order valence-electron chi connectivity index (χ4n) is 2.87. The Morgan fingerprint density at radius 1 is 1.18 bits per heavy atom. The molecule has 2 aromatic carbocycles. The van der Waals surface area contributed by atoms with E-state index in [9.17, 15) is 4.79 Å². The number of ether oxygens (including phenoxy) is 1. The fourth-order valence-corrected chi connectivity index (χ4v) is 4.34. The van der Waals surface area contributed by atoms with E-state index in [1.165, 1.54) is 17.5 Å². The molecule has 0 spiro atoms. The second-order valence-electron chi connectivity index (χ2n) is 6.62. The van der Waals surface area contributed by atoms with Gasteiger partial charge in [0.05, 0.1) is 45.2 Å². The number of halogens is 2. The van der Waals surface area contributed by atoms with Gasteiger partial charge in [-0.05, 0) is 24.3 Å². The Balaban J connectivity index is 1.43. The summed E-state index contributed by atoms with van der Waals surface area (Å²) < 4.78 is 6.48. The second kappa shape index (κ2) is 10.4. The van der Waals surface area contributed by atoms with E-state index in [0.717, 1.165) is 15.2 Å². The molecule has 166 valence electrons. The number of hydrogen-bond acceptors (Lipinski definition) is 8. The number of carbonyl (C=O) groups excluding carboxylic acids is 1. The van der Waals surface area contributed by atoms with Gasteiger partial charge in [-0.3, -0.25) is 4.79 Å². The highest BCUT2D eigenvalue weighted by molar-refractivity contribution is 7.18. The molecule has 8 nitrogen and oxygen atoms in total.